The maximum absolute atomic E-state index is 10.6. The number of rotatable bonds is 36. The van der Waals surface area contributed by atoms with Gasteiger partial charge in [-0.3, -0.25) is 0 Å². The van der Waals surface area contributed by atoms with Gasteiger partial charge in [0.15, 0.2) is 31.5 Å². The van der Waals surface area contributed by atoms with Crippen LogP contribution in [0, 0.1) is 0 Å². The molecular weight excluding hydrogens is 1140 g/mol. The lowest BCUT2D eigenvalue weighted by atomic mass is 9.98. The normalized spacial score (nSPS) is 41.2. The van der Waals surface area contributed by atoms with Crippen LogP contribution < -0.4 is 0 Å². The maximum atomic E-state index is 10.6. The Labute approximate surface area is 465 Å². The van der Waals surface area contributed by atoms with E-state index in [1.54, 1.807) is 0 Å². The van der Waals surface area contributed by atoms with Gasteiger partial charge in [0, 0.05) is 38.4 Å². The summed E-state index contributed by atoms with van der Waals surface area (Å²) in [5.41, 5.74) is 0. The van der Waals surface area contributed by atoms with Crippen LogP contribution in [0.15, 0.2) is 0 Å². The summed E-state index contributed by atoms with van der Waals surface area (Å²) < 4.78 is 83.3. The Balaban J connectivity index is 1.33. The summed E-state index contributed by atoms with van der Waals surface area (Å²) in [4.78, 5) is 0. The maximum Gasteiger partial charge on any atom is 0.186 e. The fraction of sp³-hybridized carbons (Fsp3) is 1.00. The molecule has 0 aromatic carbocycles. The zero-order valence-electron chi connectivity index (χ0n) is 43.9. The van der Waals surface area contributed by atoms with Crippen molar-refractivity contribution < 1.29 is 148 Å². The summed E-state index contributed by atoms with van der Waals surface area (Å²) in [5, 5.41) is 163. The number of hydrogen-bond acceptors (Lipinski definition) is 30. The molecule has 16 N–H and O–H groups in total. The molecule has 5 fully saturated rings. The van der Waals surface area contributed by atoms with Crippen molar-refractivity contribution in [1.82, 2.24) is 0 Å². The zero-order valence-corrected chi connectivity index (χ0v) is 45.5. The van der Waals surface area contributed by atoms with Crippen molar-refractivity contribution in [2.75, 3.05) is 97.8 Å². The highest BCUT2D eigenvalue weighted by molar-refractivity contribution is 9.09. The molecular formula is C48H87BrO30. The standard InChI is InChI=1S/C48H87BrO30/c49-9-3-1-2-4-11-74-48-43(69-14-8-18-73-47-40(65)36(61)32(57)27(22-53)78-47)42(68-13-7-17-72-46-39(64)35(60)31(56)26(21-52)77-46)41(67-12-6-16-71-45-38(63)34(59)30(55)25(20-51)76-45)28(79-48)23-66-10-5-15-70-44-37(62)33(58)29(54)24(19-50)75-44/h24-48,50-65H,1-23H2/t24-,25-,26-,27-,28-,29-,30-,31-,32-,33+,34+,35+,36+,37+,38+,39+,40+,41-,42+,43-,44+,45+,46+,47+,48-/m1/s1. The van der Waals surface area contributed by atoms with Crippen LogP contribution in [0.4, 0.5) is 0 Å². The Hall–Kier alpha value is -0.720. The van der Waals surface area contributed by atoms with Gasteiger partial charge in [0.2, 0.25) is 0 Å². The van der Waals surface area contributed by atoms with E-state index >= 15 is 0 Å². The molecule has 0 bridgehead atoms. The molecule has 0 aliphatic carbocycles. The number of aliphatic hydroxyl groups is 16. The summed E-state index contributed by atoms with van der Waals surface area (Å²) in [5.74, 6) is 0. The van der Waals surface area contributed by atoms with Gasteiger partial charge >= 0.3 is 0 Å². The second-order valence-electron chi connectivity index (χ2n) is 19.8. The Kier molecular flexibility index (Phi) is 31.7. The van der Waals surface area contributed by atoms with E-state index in [9.17, 15) is 81.7 Å². The summed E-state index contributed by atoms with van der Waals surface area (Å²) in [6.45, 7) is -3.17. The smallest absolute Gasteiger partial charge is 0.186 e. The average molecular weight is 1220 g/mol. The van der Waals surface area contributed by atoms with Crippen molar-refractivity contribution in [3.63, 3.8) is 0 Å². The Bertz CT molecular complexity index is 1600. The molecule has 79 heavy (non-hydrogen) atoms. The van der Waals surface area contributed by atoms with Crippen LogP contribution in [0.25, 0.3) is 0 Å². The van der Waals surface area contributed by atoms with Crippen molar-refractivity contribution in [2.45, 2.75) is 205 Å². The molecule has 31 heteroatoms. The minimum atomic E-state index is -1.68. The quantitative estimate of drug-likeness (QED) is 0.0205. The van der Waals surface area contributed by atoms with Crippen LogP contribution in [0.5, 0.6) is 0 Å². The van der Waals surface area contributed by atoms with Crippen molar-refractivity contribution in [1.29, 1.82) is 0 Å². The largest absolute Gasteiger partial charge is 0.394 e. The fourth-order valence-corrected chi connectivity index (χ4v) is 9.67. The van der Waals surface area contributed by atoms with Gasteiger partial charge in [0.1, 0.15) is 122 Å². The van der Waals surface area contributed by atoms with Gasteiger partial charge in [-0.2, -0.15) is 0 Å². The number of aliphatic hydroxyl groups excluding tert-OH is 16. The first kappa shape index (κ1) is 69.1. The first-order chi connectivity index (χ1) is 38.0. The number of alkyl halides is 1. The molecule has 0 saturated carbocycles. The Morgan fingerprint density at radius 1 is 0.266 bits per heavy atom. The molecule has 5 rings (SSSR count). The monoisotopic (exact) mass is 1220 g/mol. The first-order valence-corrected chi connectivity index (χ1v) is 28.1. The molecule has 466 valence electrons. The summed E-state index contributed by atoms with van der Waals surface area (Å²) in [6, 6.07) is 0. The van der Waals surface area contributed by atoms with E-state index in [0.717, 1.165) is 24.6 Å². The van der Waals surface area contributed by atoms with E-state index in [1.807, 2.05) is 0 Å². The van der Waals surface area contributed by atoms with E-state index in [-0.39, 0.29) is 91.8 Å². The summed E-state index contributed by atoms with van der Waals surface area (Å²) in [7, 11) is 0. The highest BCUT2D eigenvalue weighted by Crippen LogP contribution is 2.32. The van der Waals surface area contributed by atoms with E-state index < -0.39 is 180 Å². The molecule has 5 aliphatic rings. The molecule has 5 heterocycles. The lowest BCUT2D eigenvalue weighted by Gasteiger charge is -2.46. The third-order valence-corrected chi connectivity index (χ3v) is 14.5. The van der Waals surface area contributed by atoms with Crippen molar-refractivity contribution in [3.8, 4) is 0 Å². The zero-order chi connectivity index (χ0) is 57.6. The van der Waals surface area contributed by atoms with Gasteiger partial charge < -0.3 is 148 Å². The molecule has 30 nitrogen and oxygen atoms in total. The first-order valence-electron chi connectivity index (χ1n) is 27.0. The van der Waals surface area contributed by atoms with E-state index in [1.165, 1.54) is 0 Å². The number of hydrogen-bond donors (Lipinski definition) is 16. The van der Waals surface area contributed by atoms with Crippen LogP contribution in [0.3, 0.4) is 0 Å². The predicted molar refractivity (Wildman–Crippen MR) is 264 cm³/mol. The Morgan fingerprint density at radius 3 is 0.924 bits per heavy atom. The van der Waals surface area contributed by atoms with Crippen LogP contribution in [0.1, 0.15) is 51.4 Å². The number of ether oxygens (including phenoxy) is 14. The second kappa shape index (κ2) is 36.3. The van der Waals surface area contributed by atoms with Crippen molar-refractivity contribution >= 4 is 15.9 Å². The summed E-state index contributed by atoms with van der Waals surface area (Å²) >= 11 is 3.45. The van der Waals surface area contributed by atoms with Crippen LogP contribution in [0.2, 0.25) is 0 Å². The predicted octanol–water partition coefficient (Wildman–Crippen LogP) is -7.32. The second-order valence-corrected chi connectivity index (χ2v) is 20.6. The molecule has 5 saturated heterocycles. The lowest BCUT2D eigenvalue weighted by molar-refractivity contribution is -0.326. The molecule has 0 aromatic heterocycles. The summed E-state index contributed by atoms with van der Waals surface area (Å²) in [6.07, 6.45) is -31.4. The molecule has 0 spiro atoms. The topological polar surface area (TPSA) is 453 Å². The van der Waals surface area contributed by atoms with Crippen LogP contribution in [-0.4, -0.2) is 333 Å². The lowest BCUT2D eigenvalue weighted by Crippen LogP contribution is -2.62. The van der Waals surface area contributed by atoms with Crippen LogP contribution in [-0.2, 0) is 66.3 Å². The van der Waals surface area contributed by atoms with E-state index in [0.29, 0.717) is 6.42 Å². The van der Waals surface area contributed by atoms with Crippen molar-refractivity contribution in [3.05, 3.63) is 0 Å². The van der Waals surface area contributed by atoms with Gasteiger partial charge in [0.05, 0.1) is 59.5 Å². The molecule has 0 amide bonds. The molecule has 0 radical (unpaired) electrons. The third kappa shape index (κ3) is 19.9. The minimum Gasteiger partial charge on any atom is -0.394 e. The van der Waals surface area contributed by atoms with E-state index in [4.69, 9.17) is 66.3 Å². The fourth-order valence-electron chi connectivity index (χ4n) is 9.28. The van der Waals surface area contributed by atoms with E-state index in [2.05, 4.69) is 15.9 Å². The van der Waals surface area contributed by atoms with Gasteiger partial charge in [0.25, 0.3) is 0 Å². The number of unbranched alkanes of at least 4 members (excludes halogenated alkanes) is 3. The van der Waals surface area contributed by atoms with Gasteiger partial charge in [-0.1, -0.05) is 28.8 Å². The third-order valence-electron chi connectivity index (χ3n) is 13.9. The van der Waals surface area contributed by atoms with Gasteiger partial charge in [-0.05, 0) is 38.5 Å². The SMILES string of the molecule is OC[C@H]1O[C@H](OCCCOC[C@H]2O[C@@H](OCCCCCCBr)[C@H](OCCCO[C@H]3O[C@H](CO)[C@@H](O)[C@H](O)[C@@H]3O)[C@@H](OCCCO[C@H]3O[C@H](CO)[C@@H](O)[C@H](O)[C@@H]3O)[C@@H]2OCCCO[C@H]2O[C@H](CO)[C@@H](O)[C@H](O)[C@@H]2O)[C@@H](O)[C@@H](O)[C@@H]1O. The average Bonchev–Trinajstić information content (AvgIpc) is 3.47. The van der Waals surface area contributed by atoms with Gasteiger partial charge in [-0.25, -0.2) is 0 Å². The van der Waals surface area contributed by atoms with Gasteiger partial charge in [-0.15, -0.1) is 0 Å². The Morgan fingerprint density at radius 2 is 0.557 bits per heavy atom. The molecule has 25 atom stereocenters. The highest BCUT2D eigenvalue weighted by atomic mass is 79.9. The minimum absolute atomic E-state index is 0.0330. The molecule has 0 aromatic rings. The molecule has 0 unspecified atom stereocenters. The number of halogens is 1. The molecule has 5 aliphatic heterocycles. The highest BCUT2D eigenvalue weighted by Gasteiger charge is 2.51. The van der Waals surface area contributed by atoms with Crippen molar-refractivity contribution in [2.24, 2.45) is 0 Å². The van der Waals surface area contributed by atoms with Crippen LogP contribution >= 0.6 is 15.9 Å².